The highest BCUT2D eigenvalue weighted by Crippen LogP contribution is 2.35. The Labute approximate surface area is 157 Å². The van der Waals surface area contributed by atoms with Crippen LogP contribution in [0, 0.1) is 10.1 Å². The number of Topliss-reactive ketones (excluding diaryl/α,β-unsaturated/α-hetero) is 1. The van der Waals surface area contributed by atoms with Crippen molar-refractivity contribution in [3.63, 3.8) is 0 Å². The van der Waals surface area contributed by atoms with Gasteiger partial charge in [-0.15, -0.1) is 0 Å². The number of aldehydes is 1. The van der Waals surface area contributed by atoms with Crippen molar-refractivity contribution in [2.45, 2.75) is 25.2 Å². The molecule has 7 nitrogen and oxygen atoms in total. The zero-order chi connectivity index (χ0) is 20.0. The van der Waals surface area contributed by atoms with Crippen LogP contribution in [0.15, 0.2) is 42.5 Å². The molecule has 0 heterocycles. The topological polar surface area (TPSA) is 95.7 Å². The first-order valence-corrected chi connectivity index (χ1v) is 8.31. The van der Waals surface area contributed by atoms with E-state index in [1.165, 1.54) is 33.3 Å². The summed E-state index contributed by atoms with van der Waals surface area (Å²) in [4.78, 5) is 34.7. The molecule has 0 N–H and O–H groups in total. The standard InChI is InChI=1S/C20H21NO6/c1-14(23)20(13-22,16-6-9-18(26-2)19(12-16)27-3)11-10-15-4-7-17(8-5-15)21(24)25/h4-9,12-13H,10-11H2,1-3H3. The number of carbonyl (C=O) groups is 2. The second-order valence-corrected chi connectivity index (χ2v) is 6.14. The first-order valence-electron chi connectivity index (χ1n) is 8.31. The van der Waals surface area contributed by atoms with Gasteiger partial charge in [-0.2, -0.15) is 0 Å². The fraction of sp³-hybridized carbons (Fsp3) is 0.300. The third kappa shape index (κ3) is 4.13. The Bertz CT molecular complexity index is 846. The molecule has 0 aliphatic carbocycles. The number of aryl methyl sites for hydroxylation is 1. The molecule has 2 aromatic carbocycles. The van der Waals surface area contributed by atoms with Crippen molar-refractivity contribution in [1.82, 2.24) is 0 Å². The van der Waals surface area contributed by atoms with Crippen molar-refractivity contribution in [3.05, 3.63) is 63.7 Å². The average Bonchev–Trinajstić information content (AvgIpc) is 2.68. The van der Waals surface area contributed by atoms with Crippen LogP contribution in [0.25, 0.3) is 0 Å². The van der Waals surface area contributed by atoms with Gasteiger partial charge >= 0.3 is 0 Å². The van der Waals surface area contributed by atoms with Gasteiger partial charge in [0.05, 0.1) is 19.1 Å². The molecule has 0 aliphatic heterocycles. The average molecular weight is 371 g/mol. The minimum atomic E-state index is -1.33. The molecule has 0 bridgehead atoms. The predicted molar refractivity (Wildman–Crippen MR) is 99.4 cm³/mol. The van der Waals surface area contributed by atoms with E-state index in [1.807, 2.05) is 0 Å². The highest BCUT2D eigenvalue weighted by Gasteiger charge is 2.37. The van der Waals surface area contributed by atoms with Crippen molar-refractivity contribution >= 4 is 17.8 Å². The fourth-order valence-corrected chi connectivity index (χ4v) is 2.97. The third-order valence-electron chi connectivity index (χ3n) is 4.68. The van der Waals surface area contributed by atoms with Gasteiger partial charge < -0.3 is 14.3 Å². The van der Waals surface area contributed by atoms with Crippen molar-refractivity contribution in [3.8, 4) is 11.5 Å². The van der Waals surface area contributed by atoms with Gasteiger partial charge in [0.1, 0.15) is 17.5 Å². The van der Waals surface area contributed by atoms with Gasteiger partial charge in [-0.05, 0) is 43.0 Å². The minimum absolute atomic E-state index is 0.00754. The molecule has 0 amide bonds. The molecule has 0 aromatic heterocycles. The molecule has 7 heteroatoms. The monoisotopic (exact) mass is 371 g/mol. The van der Waals surface area contributed by atoms with Gasteiger partial charge in [0.2, 0.25) is 0 Å². The molecule has 0 spiro atoms. The van der Waals surface area contributed by atoms with Crippen molar-refractivity contribution in [2.75, 3.05) is 14.2 Å². The van der Waals surface area contributed by atoms with Crippen LogP contribution in [0.1, 0.15) is 24.5 Å². The lowest BCUT2D eigenvalue weighted by molar-refractivity contribution is -0.384. The zero-order valence-electron chi connectivity index (χ0n) is 15.4. The molecule has 0 radical (unpaired) electrons. The first-order chi connectivity index (χ1) is 12.9. The predicted octanol–water partition coefficient (Wildman–Crippen LogP) is 3.27. The Balaban J connectivity index is 2.35. The summed E-state index contributed by atoms with van der Waals surface area (Å²) in [5.41, 5.74) is -0.0219. The first kappa shape index (κ1) is 20.1. The maximum absolute atomic E-state index is 12.4. The number of benzene rings is 2. The van der Waals surface area contributed by atoms with E-state index < -0.39 is 10.3 Å². The van der Waals surface area contributed by atoms with Crippen molar-refractivity contribution in [1.29, 1.82) is 0 Å². The van der Waals surface area contributed by atoms with Crippen LogP contribution in [0.3, 0.4) is 0 Å². The molecule has 1 atom stereocenters. The summed E-state index contributed by atoms with van der Waals surface area (Å²) >= 11 is 0. The van der Waals surface area contributed by atoms with E-state index in [2.05, 4.69) is 0 Å². The van der Waals surface area contributed by atoms with E-state index in [4.69, 9.17) is 9.47 Å². The van der Waals surface area contributed by atoms with Crippen LogP contribution >= 0.6 is 0 Å². The largest absolute Gasteiger partial charge is 0.493 e. The van der Waals surface area contributed by atoms with Crippen LogP contribution < -0.4 is 9.47 Å². The van der Waals surface area contributed by atoms with Gasteiger partial charge in [-0.3, -0.25) is 14.9 Å². The van der Waals surface area contributed by atoms with Crippen molar-refractivity contribution < 1.29 is 24.0 Å². The molecule has 0 aliphatic rings. The van der Waals surface area contributed by atoms with E-state index in [-0.39, 0.29) is 17.9 Å². The highest BCUT2D eigenvalue weighted by atomic mass is 16.6. The number of nitro groups is 1. The number of ether oxygens (including phenoxy) is 2. The molecule has 0 fully saturated rings. The maximum atomic E-state index is 12.4. The summed E-state index contributed by atoms with van der Waals surface area (Å²) in [5.74, 6) is 0.643. The second kappa shape index (κ2) is 8.44. The number of hydrogen-bond acceptors (Lipinski definition) is 6. The number of nitrogens with zero attached hydrogens (tertiary/aromatic N) is 1. The van der Waals surface area contributed by atoms with Crippen LogP contribution in [-0.2, 0) is 21.4 Å². The summed E-state index contributed by atoms with van der Waals surface area (Å²) in [5, 5.41) is 10.8. The zero-order valence-corrected chi connectivity index (χ0v) is 15.4. The van der Waals surface area contributed by atoms with Crippen LogP contribution in [0.2, 0.25) is 0 Å². The van der Waals surface area contributed by atoms with Crippen LogP contribution in [0.4, 0.5) is 5.69 Å². The molecular formula is C20H21NO6. The molecule has 0 saturated heterocycles. The van der Waals surface area contributed by atoms with Gasteiger partial charge in [0.15, 0.2) is 11.5 Å². The summed E-state index contributed by atoms with van der Waals surface area (Å²) < 4.78 is 10.5. The highest BCUT2D eigenvalue weighted by molar-refractivity contribution is 6.03. The Kier molecular flexibility index (Phi) is 6.28. The number of non-ortho nitro benzene ring substituents is 1. The van der Waals surface area contributed by atoms with E-state index in [1.54, 1.807) is 30.3 Å². The Morgan fingerprint density at radius 2 is 1.74 bits per heavy atom. The number of ketones is 1. The van der Waals surface area contributed by atoms with E-state index >= 15 is 0 Å². The molecule has 2 aromatic rings. The Morgan fingerprint density at radius 3 is 2.22 bits per heavy atom. The second-order valence-electron chi connectivity index (χ2n) is 6.14. The lowest BCUT2D eigenvalue weighted by atomic mass is 9.74. The number of nitro benzene ring substituents is 1. The van der Waals surface area contributed by atoms with Gasteiger partial charge in [-0.1, -0.05) is 18.2 Å². The summed E-state index contributed by atoms with van der Waals surface area (Å²) in [7, 11) is 2.99. The fourth-order valence-electron chi connectivity index (χ4n) is 2.97. The van der Waals surface area contributed by atoms with Crippen LogP contribution in [-0.4, -0.2) is 31.2 Å². The number of methoxy groups -OCH3 is 2. The quantitative estimate of drug-likeness (QED) is 0.290. The van der Waals surface area contributed by atoms with Crippen LogP contribution in [0.5, 0.6) is 11.5 Å². The van der Waals surface area contributed by atoms with Gasteiger partial charge in [0, 0.05) is 12.1 Å². The van der Waals surface area contributed by atoms with E-state index in [9.17, 15) is 19.7 Å². The lowest BCUT2D eigenvalue weighted by Gasteiger charge is -2.26. The summed E-state index contributed by atoms with van der Waals surface area (Å²) in [6.45, 7) is 1.38. The number of rotatable bonds is 9. The molecule has 0 saturated carbocycles. The van der Waals surface area contributed by atoms with E-state index in [0.29, 0.717) is 29.8 Å². The maximum Gasteiger partial charge on any atom is 0.269 e. The molecular weight excluding hydrogens is 350 g/mol. The molecule has 1 unspecified atom stereocenters. The third-order valence-corrected chi connectivity index (χ3v) is 4.68. The SMILES string of the molecule is COc1ccc(C(C=O)(CCc2ccc([N+](=O)[O-])cc2)C(C)=O)cc1OC. The summed E-state index contributed by atoms with van der Waals surface area (Å²) in [6.07, 6.45) is 1.30. The lowest BCUT2D eigenvalue weighted by Crippen LogP contribution is -2.36. The van der Waals surface area contributed by atoms with E-state index in [0.717, 1.165) is 5.56 Å². The Hall–Kier alpha value is -3.22. The smallest absolute Gasteiger partial charge is 0.269 e. The molecule has 27 heavy (non-hydrogen) atoms. The number of carbonyl (C=O) groups excluding carboxylic acids is 2. The van der Waals surface area contributed by atoms with Gasteiger partial charge in [-0.25, -0.2) is 0 Å². The normalized spacial score (nSPS) is 12.7. The van der Waals surface area contributed by atoms with Gasteiger partial charge in [0.25, 0.3) is 5.69 Å². The molecule has 142 valence electrons. The van der Waals surface area contributed by atoms with Crippen molar-refractivity contribution in [2.24, 2.45) is 0 Å². The number of hydrogen-bond donors (Lipinski definition) is 0. The Morgan fingerprint density at radius 1 is 1.11 bits per heavy atom. The molecule has 2 rings (SSSR count). The summed E-state index contributed by atoms with van der Waals surface area (Å²) in [6, 6.07) is 11.0. The minimum Gasteiger partial charge on any atom is -0.493 e.